The molecular weight excluding hydrogens is 345 g/mol. The minimum absolute atomic E-state index is 0.00719. The molecule has 0 aliphatic heterocycles. The minimum atomic E-state index is -0.573. The van der Waals surface area contributed by atoms with Gasteiger partial charge in [-0.2, -0.15) is 0 Å². The van der Waals surface area contributed by atoms with Gasteiger partial charge in [0, 0.05) is 10.6 Å². The number of amides is 1. The first-order chi connectivity index (χ1) is 11.4. The molecule has 5 rings (SSSR count). The van der Waals surface area contributed by atoms with Gasteiger partial charge in [0.05, 0.1) is 5.02 Å². The Morgan fingerprint density at radius 2 is 1.75 bits per heavy atom. The quantitative estimate of drug-likeness (QED) is 0.825. The molecule has 4 aliphatic rings. The summed E-state index contributed by atoms with van der Waals surface area (Å²) in [6.07, 6.45) is 6.93. The van der Waals surface area contributed by atoms with Gasteiger partial charge in [0.25, 0.3) is 5.91 Å². The SMILES string of the molecule is CC(Oc1ccc(Cl)cc1Cl)C(=O)NC12CC3CC(CC(C3)C1)C2. The number of halogens is 2. The zero-order valence-corrected chi connectivity index (χ0v) is 15.4. The van der Waals surface area contributed by atoms with Crippen LogP contribution < -0.4 is 10.1 Å². The Bertz CT molecular complexity index is 625. The molecule has 130 valence electrons. The molecule has 0 aromatic heterocycles. The standard InChI is InChI=1S/C19H23Cl2NO2/c1-11(24-17-3-2-15(20)7-16(17)21)18(23)22-19-8-12-4-13(9-19)6-14(5-12)10-19/h2-3,7,11-14H,4-6,8-10H2,1H3,(H,22,23). The van der Waals surface area contributed by atoms with E-state index in [4.69, 9.17) is 27.9 Å². The molecule has 1 unspecified atom stereocenters. The summed E-state index contributed by atoms with van der Waals surface area (Å²) in [5, 5.41) is 4.32. The lowest BCUT2D eigenvalue weighted by Crippen LogP contribution is -2.61. The van der Waals surface area contributed by atoms with Gasteiger partial charge in [0.15, 0.2) is 6.10 Å². The van der Waals surface area contributed by atoms with E-state index in [0.717, 1.165) is 37.0 Å². The van der Waals surface area contributed by atoms with Gasteiger partial charge in [-0.05, 0) is 81.4 Å². The Labute approximate surface area is 153 Å². The molecule has 1 aromatic carbocycles. The van der Waals surface area contributed by atoms with Crippen molar-refractivity contribution in [1.29, 1.82) is 0 Å². The molecule has 5 heteroatoms. The van der Waals surface area contributed by atoms with Crippen molar-refractivity contribution in [2.45, 2.75) is 57.1 Å². The monoisotopic (exact) mass is 367 g/mol. The van der Waals surface area contributed by atoms with Crippen LogP contribution >= 0.6 is 23.2 Å². The molecule has 4 bridgehead atoms. The van der Waals surface area contributed by atoms with Crippen LogP contribution in [-0.2, 0) is 4.79 Å². The van der Waals surface area contributed by atoms with E-state index in [1.165, 1.54) is 19.3 Å². The highest BCUT2D eigenvalue weighted by molar-refractivity contribution is 6.35. The summed E-state index contributed by atoms with van der Waals surface area (Å²) >= 11 is 12.0. The molecule has 0 radical (unpaired) electrons. The molecule has 1 amide bonds. The molecule has 4 saturated carbocycles. The summed E-state index contributed by atoms with van der Waals surface area (Å²) < 4.78 is 5.77. The number of benzene rings is 1. The van der Waals surface area contributed by atoms with E-state index >= 15 is 0 Å². The van der Waals surface area contributed by atoms with Gasteiger partial charge < -0.3 is 10.1 Å². The average molecular weight is 368 g/mol. The van der Waals surface area contributed by atoms with Crippen molar-refractivity contribution in [1.82, 2.24) is 5.32 Å². The van der Waals surface area contributed by atoms with Gasteiger partial charge >= 0.3 is 0 Å². The van der Waals surface area contributed by atoms with Crippen LogP contribution in [-0.4, -0.2) is 17.6 Å². The van der Waals surface area contributed by atoms with Gasteiger partial charge in [-0.1, -0.05) is 23.2 Å². The van der Waals surface area contributed by atoms with E-state index in [-0.39, 0.29) is 11.4 Å². The fourth-order valence-electron chi connectivity index (χ4n) is 5.44. The largest absolute Gasteiger partial charge is 0.479 e. The Hall–Kier alpha value is -0.930. The second-order valence-corrected chi connectivity index (χ2v) is 8.87. The van der Waals surface area contributed by atoms with Crippen molar-refractivity contribution >= 4 is 29.1 Å². The summed E-state index contributed by atoms with van der Waals surface area (Å²) in [5.74, 6) is 2.87. The molecule has 0 saturated heterocycles. The van der Waals surface area contributed by atoms with Gasteiger partial charge in [0.1, 0.15) is 5.75 Å². The Morgan fingerprint density at radius 3 is 2.29 bits per heavy atom. The van der Waals surface area contributed by atoms with E-state index < -0.39 is 6.10 Å². The first-order valence-electron chi connectivity index (χ1n) is 8.86. The zero-order valence-electron chi connectivity index (χ0n) is 13.9. The second-order valence-electron chi connectivity index (χ2n) is 8.02. The van der Waals surface area contributed by atoms with Crippen molar-refractivity contribution in [3.05, 3.63) is 28.2 Å². The number of carbonyl (C=O) groups is 1. The number of nitrogens with one attached hydrogen (secondary N) is 1. The maximum absolute atomic E-state index is 12.7. The van der Waals surface area contributed by atoms with Crippen LogP contribution in [0.5, 0.6) is 5.75 Å². The van der Waals surface area contributed by atoms with Crippen LogP contribution in [0.4, 0.5) is 0 Å². The minimum Gasteiger partial charge on any atom is -0.479 e. The first-order valence-corrected chi connectivity index (χ1v) is 9.62. The molecule has 1 atom stereocenters. The summed E-state index contributed by atoms with van der Waals surface area (Å²) in [6, 6.07) is 5.05. The van der Waals surface area contributed by atoms with Crippen LogP contribution in [0.25, 0.3) is 0 Å². The number of hydrogen-bond donors (Lipinski definition) is 1. The molecule has 1 N–H and O–H groups in total. The Balaban J connectivity index is 1.42. The normalized spacial score (nSPS) is 34.9. The van der Waals surface area contributed by atoms with Crippen LogP contribution in [0, 0.1) is 17.8 Å². The number of rotatable bonds is 4. The van der Waals surface area contributed by atoms with Crippen LogP contribution in [0.2, 0.25) is 10.0 Å². The highest BCUT2D eigenvalue weighted by Crippen LogP contribution is 2.55. The first kappa shape index (κ1) is 16.5. The lowest BCUT2D eigenvalue weighted by atomic mass is 9.53. The predicted octanol–water partition coefficient (Wildman–Crippen LogP) is 4.85. The third-order valence-electron chi connectivity index (χ3n) is 5.99. The van der Waals surface area contributed by atoms with Gasteiger partial charge in [-0.15, -0.1) is 0 Å². The van der Waals surface area contributed by atoms with E-state index in [0.29, 0.717) is 15.8 Å². The van der Waals surface area contributed by atoms with Crippen molar-refractivity contribution in [2.75, 3.05) is 0 Å². The number of hydrogen-bond acceptors (Lipinski definition) is 2. The molecule has 24 heavy (non-hydrogen) atoms. The molecule has 0 heterocycles. The van der Waals surface area contributed by atoms with E-state index in [9.17, 15) is 4.79 Å². The second kappa shape index (κ2) is 6.10. The topological polar surface area (TPSA) is 38.3 Å². The predicted molar refractivity (Wildman–Crippen MR) is 95.6 cm³/mol. The van der Waals surface area contributed by atoms with Crippen LogP contribution in [0.15, 0.2) is 18.2 Å². The Kier molecular flexibility index (Phi) is 4.20. The Morgan fingerprint density at radius 1 is 1.17 bits per heavy atom. The fourth-order valence-corrected chi connectivity index (χ4v) is 5.89. The van der Waals surface area contributed by atoms with Crippen molar-refractivity contribution < 1.29 is 9.53 Å². The summed E-state index contributed by atoms with van der Waals surface area (Å²) in [5.41, 5.74) is 0.00719. The van der Waals surface area contributed by atoms with Crippen molar-refractivity contribution in [3.8, 4) is 5.75 Å². The number of ether oxygens (including phenoxy) is 1. The third-order valence-corrected chi connectivity index (χ3v) is 6.52. The number of carbonyl (C=O) groups excluding carboxylic acids is 1. The fraction of sp³-hybridized carbons (Fsp3) is 0.632. The van der Waals surface area contributed by atoms with Crippen molar-refractivity contribution in [3.63, 3.8) is 0 Å². The smallest absolute Gasteiger partial charge is 0.261 e. The molecule has 0 spiro atoms. The molecular formula is C19H23Cl2NO2. The lowest BCUT2D eigenvalue weighted by Gasteiger charge is -2.57. The highest BCUT2D eigenvalue weighted by atomic mass is 35.5. The molecule has 4 fully saturated rings. The van der Waals surface area contributed by atoms with Crippen LogP contribution in [0.3, 0.4) is 0 Å². The van der Waals surface area contributed by atoms with Gasteiger partial charge in [-0.25, -0.2) is 0 Å². The summed E-state index contributed by atoms with van der Waals surface area (Å²) in [6.45, 7) is 1.78. The van der Waals surface area contributed by atoms with Gasteiger partial charge in [-0.3, -0.25) is 4.79 Å². The third kappa shape index (κ3) is 3.13. The van der Waals surface area contributed by atoms with Crippen molar-refractivity contribution in [2.24, 2.45) is 17.8 Å². The average Bonchev–Trinajstić information content (AvgIpc) is 2.48. The van der Waals surface area contributed by atoms with Crippen LogP contribution in [0.1, 0.15) is 45.4 Å². The van der Waals surface area contributed by atoms with E-state index in [2.05, 4.69) is 5.32 Å². The highest BCUT2D eigenvalue weighted by Gasteiger charge is 2.51. The zero-order chi connectivity index (χ0) is 16.9. The summed E-state index contributed by atoms with van der Waals surface area (Å²) in [4.78, 5) is 12.7. The molecule has 4 aliphatic carbocycles. The maximum Gasteiger partial charge on any atom is 0.261 e. The molecule has 1 aromatic rings. The van der Waals surface area contributed by atoms with E-state index in [1.54, 1.807) is 25.1 Å². The van der Waals surface area contributed by atoms with Gasteiger partial charge in [0.2, 0.25) is 0 Å². The van der Waals surface area contributed by atoms with E-state index in [1.807, 2.05) is 0 Å². The summed E-state index contributed by atoms with van der Waals surface area (Å²) in [7, 11) is 0. The maximum atomic E-state index is 12.7. The molecule has 3 nitrogen and oxygen atoms in total. The lowest BCUT2D eigenvalue weighted by molar-refractivity contribution is -0.133.